The lowest BCUT2D eigenvalue weighted by atomic mass is 9.99. The van der Waals surface area contributed by atoms with Crippen LogP contribution >= 0.6 is 0 Å². The molecule has 47 heavy (non-hydrogen) atoms. The van der Waals surface area contributed by atoms with Crippen LogP contribution in [-0.2, 0) is 36.6 Å². The third kappa shape index (κ3) is 8.20. The molecule has 1 aromatic heterocycles. The van der Waals surface area contributed by atoms with Gasteiger partial charge < -0.3 is 30.6 Å². The van der Waals surface area contributed by atoms with Crippen molar-refractivity contribution < 1.29 is 45.4 Å². The third-order valence-corrected chi connectivity index (χ3v) is 7.52. The van der Waals surface area contributed by atoms with Crippen LogP contribution in [0.3, 0.4) is 0 Å². The number of hydrogen-bond donors (Lipinski definition) is 4. The molecule has 16 heteroatoms. The molecule has 6 N–H and O–H groups in total. The van der Waals surface area contributed by atoms with Crippen molar-refractivity contribution in [3.8, 4) is 11.5 Å². The topological polar surface area (TPSA) is 185 Å². The number of rotatable bonds is 12. The monoisotopic (exact) mass is 675 g/mol. The fourth-order valence-corrected chi connectivity index (χ4v) is 5.14. The van der Waals surface area contributed by atoms with Gasteiger partial charge in [-0.3, -0.25) is 4.79 Å². The number of hydrogen-bond acceptors (Lipinski definition) is 10. The second-order valence-electron chi connectivity index (χ2n) is 10.5. The number of fused-ring (bicyclic) bond motifs is 1. The molecule has 4 rings (SSSR count). The van der Waals surface area contributed by atoms with Gasteiger partial charge in [-0.2, -0.15) is 13.2 Å². The van der Waals surface area contributed by atoms with Gasteiger partial charge in [0, 0.05) is 29.4 Å². The molecule has 1 amide bonds. The van der Waals surface area contributed by atoms with Crippen molar-refractivity contribution in [2.45, 2.75) is 50.2 Å². The van der Waals surface area contributed by atoms with Crippen molar-refractivity contribution in [1.29, 1.82) is 0 Å². The van der Waals surface area contributed by atoms with Gasteiger partial charge in [-0.15, -0.1) is 0 Å². The minimum Gasteiger partial charge on any atom is -0.490 e. The Kier molecular flexibility index (Phi) is 10.2. The molecular formula is C31H32F3N5O7S. The molecule has 1 unspecified atom stereocenters. The number of carbonyl (C=O) groups excluding carboxylic acids is 2. The number of alkyl halides is 3. The predicted molar refractivity (Wildman–Crippen MR) is 167 cm³/mol. The van der Waals surface area contributed by atoms with Crippen LogP contribution in [0.4, 0.5) is 24.7 Å². The summed E-state index contributed by atoms with van der Waals surface area (Å²) in [5.41, 5.74) is 3.10. The molecule has 12 nitrogen and oxygen atoms in total. The first-order valence-corrected chi connectivity index (χ1v) is 15.6. The quantitative estimate of drug-likeness (QED) is 0.124. The number of nitrogen functional groups attached to an aromatic ring is 1. The van der Waals surface area contributed by atoms with E-state index >= 15 is 0 Å². The fourth-order valence-electron chi connectivity index (χ4n) is 4.56. The second kappa shape index (κ2) is 13.7. The molecule has 0 saturated heterocycles. The SMILES string of the molecule is CCOc1cc(C(Nc2ccc3c(N)nccc3c2)(OC(=O)C(F)(F)F)C(=O)NCc2cccc(S(N)(=O)=O)c2)ccc1OC(C)C. The highest BCUT2D eigenvalue weighted by Gasteiger charge is 2.52. The number of halogens is 3. The standard InChI is InChI=1S/C31H32F3N5O7S/c1-4-44-26-16-21(8-11-25(26)45-18(2)3)30(46-29(41)31(32,33)34,39-22-9-10-24-20(15-22)12-13-37-27(24)35)28(40)38-17-19-6-5-7-23(14-19)47(36,42)43/h5-16,18,39H,4,17H2,1-3H3,(H2,35,37)(H,38,40)(H2,36,42,43). The number of benzene rings is 3. The lowest BCUT2D eigenvalue weighted by Gasteiger charge is -2.34. The van der Waals surface area contributed by atoms with Crippen molar-refractivity contribution in [3.05, 3.63) is 84.1 Å². The number of pyridine rings is 1. The van der Waals surface area contributed by atoms with Gasteiger partial charge in [-0.1, -0.05) is 12.1 Å². The predicted octanol–water partition coefficient (Wildman–Crippen LogP) is 4.34. The van der Waals surface area contributed by atoms with Crippen LogP contribution < -0.4 is 31.0 Å². The van der Waals surface area contributed by atoms with Crippen molar-refractivity contribution in [1.82, 2.24) is 10.3 Å². The molecule has 0 spiro atoms. The lowest BCUT2D eigenvalue weighted by Crippen LogP contribution is -2.54. The number of carbonyl (C=O) groups is 2. The number of nitrogens with one attached hydrogen (secondary N) is 2. The van der Waals surface area contributed by atoms with Gasteiger partial charge in [0.25, 0.3) is 11.6 Å². The largest absolute Gasteiger partial charge is 0.491 e. The summed E-state index contributed by atoms with van der Waals surface area (Å²) in [4.78, 5) is 30.5. The number of nitrogens with two attached hydrogens (primary N) is 2. The summed E-state index contributed by atoms with van der Waals surface area (Å²) < 4.78 is 81.6. The molecule has 4 aromatic rings. The van der Waals surface area contributed by atoms with Gasteiger partial charge in [0.05, 0.1) is 17.6 Å². The van der Waals surface area contributed by atoms with E-state index in [1.54, 1.807) is 26.8 Å². The molecule has 0 radical (unpaired) electrons. The van der Waals surface area contributed by atoms with Crippen LogP contribution in [0, 0.1) is 0 Å². The molecule has 0 aliphatic heterocycles. The Labute approximate surface area is 268 Å². The zero-order chi connectivity index (χ0) is 34.6. The lowest BCUT2D eigenvalue weighted by molar-refractivity contribution is -0.213. The molecule has 0 fully saturated rings. The molecule has 1 heterocycles. The van der Waals surface area contributed by atoms with Crippen LogP contribution in [0.1, 0.15) is 31.9 Å². The molecule has 0 aliphatic carbocycles. The summed E-state index contributed by atoms with van der Waals surface area (Å²) in [6, 6.07) is 15.1. The number of nitrogens with zero attached hydrogens (tertiary/aromatic N) is 1. The number of sulfonamides is 1. The van der Waals surface area contributed by atoms with Crippen LogP contribution in [0.2, 0.25) is 0 Å². The average molecular weight is 676 g/mol. The normalized spacial score (nSPS) is 13.1. The number of aromatic nitrogens is 1. The van der Waals surface area contributed by atoms with E-state index in [1.807, 2.05) is 0 Å². The minimum atomic E-state index is -5.51. The number of esters is 1. The number of anilines is 2. The summed E-state index contributed by atoms with van der Waals surface area (Å²) in [6.45, 7) is 4.89. The number of ether oxygens (including phenoxy) is 3. The molecule has 0 saturated carbocycles. The van der Waals surface area contributed by atoms with Gasteiger partial charge in [0.1, 0.15) is 5.82 Å². The Bertz CT molecular complexity index is 1900. The maximum Gasteiger partial charge on any atom is 0.491 e. The third-order valence-electron chi connectivity index (χ3n) is 6.61. The maximum atomic E-state index is 14.2. The molecule has 3 aromatic carbocycles. The van der Waals surface area contributed by atoms with E-state index in [1.165, 1.54) is 66.9 Å². The van der Waals surface area contributed by atoms with Gasteiger partial charge in [-0.25, -0.2) is 23.3 Å². The molecular weight excluding hydrogens is 643 g/mol. The van der Waals surface area contributed by atoms with E-state index in [0.29, 0.717) is 10.8 Å². The Balaban J connectivity index is 1.90. The highest BCUT2D eigenvalue weighted by atomic mass is 32.2. The maximum absolute atomic E-state index is 14.2. The van der Waals surface area contributed by atoms with Gasteiger partial charge in [-0.05, 0) is 86.3 Å². The van der Waals surface area contributed by atoms with Crippen molar-refractivity contribution in [2.75, 3.05) is 17.7 Å². The molecule has 0 aliphatic rings. The van der Waals surface area contributed by atoms with E-state index < -0.39 is 40.3 Å². The highest BCUT2D eigenvalue weighted by molar-refractivity contribution is 7.89. The number of primary sulfonamides is 1. The summed E-state index contributed by atoms with van der Waals surface area (Å²) in [5, 5.41) is 11.4. The molecule has 250 valence electrons. The fraction of sp³-hybridized carbons (Fsp3) is 0.258. The summed E-state index contributed by atoms with van der Waals surface area (Å²) in [7, 11) is -4.11. The summed E-state index contributed by atoms with van der Waals surface area (Å²) in [5.74, 6) is -3.46. The Morgan fingerprint density at radius 3 is 2.40 bits per heavy atom. The first-order valence-electron chi connectivity index (χ1n) is 14.1. The Hall–Kier alpha value is -5.09. The van der Waals surface area contributed by atoms with E-state index in [-0.39, 0.29) is 51.7 Å². The van der Waals surface area contributed by atoms with E-state index in [9.17, 15) is 31.2 Å². The van der Waals surface area contributed by atoms with Gasteiger partial charge in [0.15, 0.2) is 11.5 Å². The first-order chi connectivity index (χ1) is 22.0. The zero-order valence-corrected chi connectivity index (χ0v) is 26.2. The first kappa shape index (κ1) is 34.8. The van der Waals surface area contributed by atoms with Crippen molar-refractivity contribution in [2.24, 2.45) is 5.14 Å². The van der Waals surface area contributed by atoms with E-state index in [2.05, 4.69) is 15.6 Å². The van der Waals surface area contributed by atoms with Crippen molar-refractivity contribution in [3.63, 3.8) is 0 Å². The average Bonchev–Trinajstić information content (AvgIpc) is 2.99. The Morgan fingerprint density at radius 2 is 1.74 bits per heavy atom. The zero-order valence-electron chi connectivity index (χ0n) is 25.4. The summed E-state index contributed by atoms with van der Waals surface area (Å²) >= 11 is 0. The van der Waals surface area contributed by atoms with Crippen molar-refractivity contribution >= 4 is 44.2 Å². The molecule has 0 bridgehead atoms. The smallest absolute Gasteiger partial charge is 0.490 e. The van der Waals surface area contributed by atoms with Gasteiger partial charge in [0.2, 0.25) is 10.0 Å². The van der Waals surface area contributed by atoms with E-state index in [0.717, 1.165) is 0 Å². The Morgan fingerprint density at radius 1 is 1.00 bits per heavy atom. The van der Waals surface area contributed by atoms with E-state index in [4.69, 9.17) is 25.1 Å². The molecule has 1 atom stereocenters. The van der Waals surface area contributed by atoms with Crippen LogP contribution in [0.15, 0.2) is 77.8 Å². The highest BCUT2D eigenvalue weighted by Crippen LogP contribution is 2.38. The van der Waals surface area contributed by atoms with Crippen LogP contribution in [0.25, 0.3) is 10.8 Å². The van der Waals surface area contributed by atoms with Gasteiger partial charge >= 0.3 is 12.1 Å². The second-order valence-corrected chi connectivity index (χ2v) is 12.0. The summed E-state index contributed by atoms with van der Waals surface area (Å²) in [6.07, 6.45) is -4.41. The number of amides is 1. The minimum absolute atomic E-state index is 0.0546. The van der Waals surface area contributed by atoms with Crippen LogP contribution in [-0.4, -0.2) is 44.2 Å². The van der Waals surface area contributed by atoms with Crippen LogP contribution in [0.5, 0.6) is 11.5 Å².